The highest BCUT2D eigenvalue weighted by Gasteiger charge is 2.14. The number of alkyl halides is 1. The van der Waals surface area contributed by atoms with Crippen molar-refractivity contribution in [2.75, 3.05) is 6.54 Å². The maximum Gasteiger partial charge on any atom is 0.0522 e. The molecule has 0 aliphatic carbocycles. The van der Waals surface area contributed by atoms with Crippen molar-refractivity contribution in [2.45, 2.75) is 17.9 Å². The van der Waals surface area contributed by atoms with Crippen LogP contribution in [0.1, 0.15) is 21.5 Å². The van der Waals surface area contributed by atoms with Crippen LogP contribution in [-0.2, 0) is 13.1 Å². The van der Waals surface area contributed by atoms with Gasteiger partial charge in [-0.05, 0) is 16.7 Å². The molecule has 2 heteroatoms. The molecule has 0 N–H and O–H groups in total. The van der Waals surface area contributed by atoms with E-state index in [4.69, 9.17) is 0 Å². The molecule has 0 fully saturated rings. The Labute approximate surface area is 153 Å². The van der Waals surface area contributed by atoms with E-state index in [9.17, 15) is 0 Å². The molecule has 0 aliphatic rings. The Bertz CT molecular complexity index is 671. The minimum Gasteiger partial charge on any atom is -0.293 e. The molecule has 3 aromatic rings. The third-order valence-corrected chi connectivity index (χ3v) is 4.90. The Morgan fingerprint density at radius 3 is 1.50 bits per heavy atom. The van der Waals surface area contributed by atoms with Gasteiger partial charge in [0.25, 0.3) is 0 Å². The average Bonchev–Trinajstić information content (AvgIpc) is 2.64. The molecule has 1 nitrogen and oxygen atoms in total. The molecular formula is C22H22BrN. The molecule has 0 radical (unpaired) electrons. The van der Waals surface area contributed by atoms with Gasteiger partial charge in [-0.2, -0.15) is 0 Å². The van der Waals surface area contributed by atoms with Gasteiger partial charge in [-0.15, -0.1) is 0 Å². The second-order valence-electron chi connectivity index (χ2n) is 6.02. The lowest BCUT2D eigenvalue weighted by Crippen LogP contribution is -2.26. The minimum absolute atomic E-state index is 0.325. The molecular weight excluding hydrogens is 358 g/mol. The summed E-state index contributed by atoms with van der Waals surface area (Å²) in [4.78, 5) is 2.82. The van der Waals surface area contributed by atoms with Crippen LogP contribution < -0.4 is 0 Å². The monoisotopic (exact) mass is 379 g/mol. The van der Waals surface area contributed by atoms with Gasteiger partial charge in [-0.25, -0.2) is 0 Å². The summed E-state index contributed by atoms with van der Waals surface area (Å²) in [5, 5.41) is 0. The first-order valence-electron chi connectivity index (χ1n) is 8.30. The fourth-order valence-electron chi connectivity index (χ4n) is 2.86. The molecule has 0 bridgehead atoms. The zero-order valence-electron chi connectivity index (χ0n) is 13.7. The summed E-state index contributed by atoms with van der Waals surface area (Å²) in [6.07, 6.45) is 0. The number of hydrogen-bond donors (Lipinski definition) is 0. The molecule has 0 aliphatic heterocycles. The number of benzene rings is 3. The van der Waals surface area contributed by atoms with Gasteiger partial charge < -0.3 is 0 Å². The number of halogens is 1. The molecule has 0 spiro atoms. The van der Waals surface area contributed by atoms with Gasteiger partial charge >= 0.3 is 0 Å². The van der Waals surface area contributed by atoms with Crippen LogP contribution in [0.4, 0.5) is 0 Å². The van der Waals surface area contributed by atoms with Crippen molar-refractivity contribution in [3.05, 3.63) is 108 Å². The molecule has 1 unspecified atom stereocenters. The zero-order chi connectivity index (χ0) is 16.6. The summed E-state index contributed by atoms with van der Waals surface area (Å²) in [5.74, 6) is 0. The Morgan fingerprint density at radius 1 is 0.625 bits per heavy atom. The lowest BCUT2D eigenvalue weighted by molar-refractivity contribution is 0.259. The second kappa shape index (κ2) is 8.81. The molecule has 0 heterocycles. The fraction of sp³-hybridized carbons (Fsp3) is 0.182. The summed E-state index contributed by atoms with van der Waals surface area (Å²) in [5.41, 5.74) is 4.02. The highest BCUT2D eigenvalue weighted by Crippen LogP contribution is 2.25. The largest absolute Gasteiger partial charge is 0.293 e. The van der Waals surface area contributed by atoms with Crippen molar-refractivity contribution in [1.29, 1.82) is 0 Å². The molecule has 3 rings (SSSR count). The van der Waals surface area contributed by atoms with Crippen LogP contribution in [0.5, 0.6) is 0 Å². The van der Waals surface area contributed by atoms with E-state index >= 15 is 0 Å². The maximum atomic E-state index is 3.87. The molecule has 122 valence electrons. The van der Waals surface area contributed by atoms with Crippen LogP contribution in [0.2, 0.25) is 0 Å². The van der Waals surface area contributed by atoms with Gasteiger partial charge in [0, 0.05) is 19.6 Å². The molecule has 1 atom stereocenters. The molecule has 0 saturated heterocycles. The van der Waals surface area contributed by atoms with Crippen molar-refractivity contribution in [2.24, 2.45) is 0 Å². The molecule has 24 heavy (non-hydrogen) atoms. The van der Waals surface area contributed by atoms with E-state index in [1.165, 1.54) is 16.7 Å². The lowest BCUT2D eigenvalue weighted by Gasteiger charge is -2.25. The van der Waals surface area contributed by atoms with E-state index in [0.717, 1.165) is 19.6 Å². The first-order chi connectivity index (χ1) is 11.8. The molecule has 3 aromatic carbocycles. The Hall–Kier alpha value is -1.90. The van der Waals surface area contributed by atoms with Gasteiger partial charge in [-0.1, -0.05) is 107 Å². The molecule has 0 amide bonds. The van der Waals surface area contributed by atoms with Crippen LogP contribution in [0.25, 0.3) is 0 Å². The summed E-state index contributed by atoms with van der Waals surface area (Å²) >= 11 is 3.87. The lowest BCUT2D eigenvalue weighted by atomic mass is 10.1. The summed E-state index contributed by atoms with van der Waals surface area (Å²) in [7, 11) is 0. The van der Waals surface area contributed by atoms with Gasteiger partial charge in [0.15, 0.2) is 0 Å². The zero-order valence-corrected chi connectivity index (χ0v) is 15.3. The van der Waals surface area contributed by atoms with Crippen molar-refractivity contribution in [3.8, 4) is 0 Å². The molecule has 0 aromatic heterocycles. The topological polar surface area (TPSA) is 3.24 Å². The smallest absolute Gasteiger partial charge is 0.0522 e. The van der Waals surface area contributed by atoms with Crippen molar-refractivity contribution >= 4 is 15.9 Å². The van der Waals surface area contributed by atoms with Gasteiger partial charge in [0.2, 0.25) is 0 Å². The van der Waals surface area contributed by atoms with E-state index in [0.29, 0.717) is 4.83 Å². The van der Waals surface area contributed by atoms with Crippen LogP contribution in [0.3, 0.4) is 0 Å². The molecule has 0 saturated carbocycles. The van der Waals surface area contributed by atoms with Crippen LogP contribution in [-0.4, -0.2) is 11.4 Å². The quantitative estimate of drug-likeness (QED) is 0.467. The second-order valence-corrected chi connectivity index (χ2v) is 7.12. The SMILES string of the molecule is BrC(CN(Cc1ccccc1)Cc1ccccc1)c1ccccc1. The van der Waals surface area contributed by atoms with Crippen molar-refractivity contribution in [3.63, 3.8) is 0 Å². The van der Waals surface area contributed by atoms with E-state index < -0.39 is 0 Å². The Morgan fingerprint density at radius 2 is 1.04 bits per heavy atom. The first-order valence-corrected chi connectivity index (χ1v) is 9.22. The van der Waals surface area contributed by atoms with Crippen LogP contribution in [0.15, 0.2) is 91.0 Å². The van der Waals surface area contributed by atoms with Crippen LogP contribution >= 0.6 is 15.9 Å². The Kier molecular flexibility index (Phi) is 6.22. The predicted octanol–water partition coefficient (Wildman–Crippen LogP) is 5.83. The predicted molar refractivity (Wildman–Crippen MR) is 105 cm³/mol. The number of rotatable bonds is 7. The number of nitrogens with zero attached hydrogens (tertiary/aromatic N) is 1. The normalized spacial score (nSPS) is 12.2. The third-order valence-electron chi connectivity index (χ3n) is 4.08. The third kappa shape index (κ3) is 5.05. The average molecular weight is 380 g/mol. The summed E-state index contributed by atoms with van der Waals surface area (Å²) < 4.78 is 0. The highest BCUT2D eigenvalue weighted by atomic mass is 79.9. The maximum absolute atomic E-state index is 3.87. The fourth-order valence-corrected chi connectivity index (χ4v) is 3.58. The first kappa shape index (κ1) is 16.9. The van der Waals surface area contributed by atoms with Gasteiger partial charge in [0.1, 0.15) is 0 Å². The Balaban J connectivity index is 1.73. The summed E-state index contributed by atoms with van der Waals surface area (Å²) in [6, 6.07) is 32.0. The van der Waals surface area contributed by atoms with Crippen molar-refractivity contribution in [1.82, 2.24) is 4.90 Å². The van der Waals surface area contributed by atoms with E-state index in [-0.39, 0.29) is 0 Å². The number of hydrogen-bond acceptors (Lipinski definition) is 1. The summed E-state index contributed by atoms with van der Waals surface area (Å²) in [6.45, 7) is 2.86. The van der Waals surface area contributed by atoms with Gasteiger partial charge in [-0.3, -0.25) is 4.90 Å². The minimum atomic E-state index is 0.325. The van der Waals surface area contributed by atoms with Crippen molar-refractivity contribution < 1.29 is 0 Å². The van der Waals surface area contributed by atoms with E-state index in [1.807, 2.05) is 0 Å². The standard InChI is InChI=1S/C22H22BrN/c23-22(21-14-8-3-9-15-21)18-24(16-19-10-4-1-5-11-19)17-20-12-6-2-7-13-20/h1-15,22H,16-18H2. The van der Waals surface area contributed by atoms with E-state index in [2.05, 4.69) is 112 Å². The van der Waals surface area contributed by atoms with E-state index in [1.54, 1.807) is 0 Å². The van der Waals surface area contributed by atoms with Crippen LogP contribution in [0, 0.1) is 0 Å². The van der Waals surface area contributed by atoms with Gasteiger partial charge in [0.05, 0.1) is 4.83 Å². The highest BCUT2D eigenvalue weighted by molar-refractivity contribution is 9.09.